The van der Waals surface area contributed by atoms with Crippen molar-refractivity contribution < 1.29 is 9.18 Å². The monoisotopic (exact) mass is 293 g/mol. The number of nitrogens with one attached hydrogen (secondary N) is 2. The van der Waals surface area contributed by atoms with Crippen molar-refractivity contribution in [2.75, 3.05) is 32.0 Å². The summed E-state index contributed by atoms with van der Waals surface area (Å²) in [6.07, 6.45) is 2.31. The van der Waals surface area contributed by atoms with Crippen LogP contribution >= 0.6 is 0 Å². The number of likely N-dealkylation sites (tertiary alicyclic amines) is 1. The topological polar surface area (TPSA) is 44.4 Å². The molecule has 2 unspecified atom stereocenters. The van der Waals surface area contributed by atoms with Crippen LogP contribution in [0, 0.1) is 11.7 Å². The van der Waals surface area contributed by atoms with Crippen LogP contribution in [0.4, 0.5) is 10.1 Å². The number of carbonyl (C=O) groups excluding carboxylic acids is 1. The molecule has 116 valence electrons. The molecule has 2 atom stereocenters. The summed E-state index contributed by atoms with van der Waals surface area (Å²) in [7, 11) is 1.97. The molecule has 1 aromatic carbocycles. The molecule has 1 saturated heterocycles. The van der Waals surface area contributed by atoms with E-state index in [4.69, 9.17) is 0 Å². The molecule has 0 aliphatic carbocycles. The van der Waals surface area contributed by atoms with E-state index in [2.05, 4.69) is 22.5 Å². The standard InChI is InChI=1S/C16H24FN3O/c1-12(18-2)13-5-4-8-20(10-13)11-16(21)19-15-7-3-6-14(17)9-15/h3,6-7,9,12-13,18H,4-5,8,10-11H2,1-2H3,(H,19,21). The van der Waals surface area contributed by atoms with Gasteiger partial charge in [0.05, 0.1) is 6.54 Å². The Morgan fingerprint density at radius 2 is 2.33 bits per heavy atom. The lowest BCUT2D eigenvalue weighted by Crippen LogP contribution is -2.45. The van der Waals surface area contributed by atoms with Gasteiger partial charge in [0.2, 0.25) is 5.91 Å². The fraction of sp³-hybridized carbons (Fsp3) is 0.562. The SMILES string of the molecule is CNC(C)C1CCCN(CC(=O)Nc2cccc(F)c2)C1. The van der Waals surface area contributed by atoms with Gasteiger partial charge in [-0.05, 0) is 57.5 Å². The summed E-state index contributed by atoms with van der Waals surface area (Å²) in [5, 5.41) is 6.04. The fourth-order valence-electron chi connectivity index (χ4n) is 2.85. The first-order valence-electron chi connectivity index (χ1n) is 7.53. The first kappa shape index (κ1) is 15.9. The van der Waals surface area contributed by atoms with Gasteiger partial charge in [0.25, 0.3) is 0 Å². The molecule has 0 aromatic heterocycles. The minimum atomic E-state index is -0.339. The number of hydrogen-bond acceptors (Lipinski definition) is 3. The number of halogens is 1. The smallest absolute Gasteiger partial charge is 0.238 e. The molecule has 2 rings (SSSR count). The van der Waals surface area contributed by atoms with E-state index in [0.29, 0.717) is 24.2 Å². The van der Waals surface area contributed by atoms with Crippen molar-refractivity contribution >= 4 is 11.6 Å². The Kier molecular flexibility index (Phi) is 5.70. The summed E-state index contributed by atoms with van der Waals surface area (Å²) in [4.78, 5) is 14.2. The highest BCUT2D eigenvalue weighted by Crippen LogP contribution is 2.19. The van der Waals surface area contributed by atoms with Crippen LogP contribution in [0.1, 0.15) is 19.8 Å². The third kappa shape index (κ3) is 4.79. The lowest BCUT2D eigenvalue weighted by atomic mass is 9.92. The Morgan fingerprint density at radius 3 is 3.05 bits per heavy atom. The average Bonchev–Trinajstić information content (AvgIpc) is 2.46. The summed E-state index contributed by atoms with van der Waals surface area (Å²) in [5.41, 5.74) is 0.511. The Bertz CT molecular complexity index is 480. The summed E-state index contributed by atoms with van der Waals surface area (Å²) >= 11 is 0. The van der Waals surface area contributed by atoms with E-state index >= 15 is 0 Å². The minimum Gasteiger partial charge on any atom is -0.325 e. The molecule has 1 fully saturated rings. The second-order valence-electron chi connectivity index (χ2n) is 5.77. The van der Waals surface area contributed by atoms with E-state index in [1.807, 2.05) is 7.05 Å². The number of nitrogens with zero attached hydrogens (tertiary/aromatic N) is 1. The van der Waals surface area contributed by atoms with Crippen molar-refractivity contribution in [1.82, 2.24) is 10.2 Å². The van der Waals surface area contributed by atoms with E-state index in [9.17, 15) is 9.18 Å². The molecule has 0 spiro atoms. The maximum absolute atomic E-state index is 13.1. The average molecular weight is 293 g/mol. The van der Waals surface area contributed by atoms with Crippen LogP contribution in [0.15, 0.2) is 24.3 Å². The van der Waals surface area contributed by atoms with Gasteiger partial charge in [-0.1, -0.05) is 6.07 Å². The third-order valence-electron chi connectivity index (χ3n) is 4.18. The number of benzene rings is 1. The summed E-state index contributed by atoms with van der Waals surface area (Å²) in [5.74, 6) is 0.151. The van der Waals surface area contributed by atoms with E-state index in [1.54, 1.807) is 12.1 Å². The molecule has 4 nitrogen and oxygen atoms in total. The molecule has 0 saturated carbocycles. The number of hydrogen-bond donors (Lipinski definition) is 2. The number of anilines is 1. The minimum absolute atomic E-state index is 0.0849. The molecule has 1 aliphatic rings. The first-order chi connectivity index (χ1) is 10.1. The zero-order valence-corrected chi connectivity index (χ0v) is 12.7. The summed E-state index contributed by atoms with van der Waals surface area (Å²) in [6, 6.07) is 6.45. The van der Waals surface area contributed by atoms with Gasteiger partial charge in [-0.3, -0.25) is 9.69 Å². The lowest BCUT2D eigenvalue weighted by Gasteiger charge is -2.35. The third-order valence-corrected chi connectivity index (χ3v) is 4.18. The molecule has 1 heterocycles. The molecule has 5 heteroatoms. The maximum Gasteiger partial charge on any atom is 0.238 e. The van der Waals surface area contributed by atoms with Gasteiger partial charge in [0.15, 0.2) is 0 Å². The maximum atomic E-state index is 13.1. The van der Waals surface area contributed by atoms with Gasteiger partial charge in [-0.15, -0.1) is 0 Å². The lowest BCUT2D eigenvalue weighted by molar-refractivity contribution is -0.117. The molecule has 1 aliphatic heterocycles. The molecular formula is C16H24FN3O. The Balaban J connectivity index is 1.84. The van der Waals surface area contributed by atoms with Gasteiger partial charge < -0.3 is 10.6 Å². The van der Waals surface area contributed by atoms with Crippen LogP contribution in [0.2, 0.25) is 0 Å². The number of amides is 1. The van der Waals surface area contributed by atoms with Gasteiger partial charge in [0.1, 0.15) is 5.82 Å². The van der Waals surface area contributed by atoms with Gasteiger partial charge in [-0.2, -0.15) is 0 Å². The molecule has 1 amide bonds. The van der Waals surface area contributed by atoms with E-state index in [-0.39, 0.29) is 11.7 Å². The second-order valence-corrected chi connectivity index (χ2v) is 5.77. The van der Waals surface area contributed by atoms with Crippen LogP contribution in [-0.2, 0) is 4.79 Å². The highest BCUT2D eigenvalue weighted by atomic mass is 19.1. The largest absolute Gasteiger partial charge is 0.325 e. The normalized spacial score (nSPS) is 21.0. The first-order valence-corrected chi connectivity index (χ1v) is 7.53. The molecule has 0 radical (unpaired) electrons. The second kappa shape index (κ2) is 7.52. The van der Waals surface area contributed by atoms with E-state index < -0.39 is 0 Å². The van der Waals surface area contributed by atoms with Gasteiger partial charge in [-0.25, -0.2) is 4.39 Å². The van der Waals surface area contributed by atoms with Crippen molar-refractivity contribution in [1.29, 1.82) is 0 Å². The molecule has 1 aromatic rings. The molecule has 0 bridgehead atoms. The highest BCUT2D eigenvalue weighted by molar-refractivity contribution is 5.92. The van der Waals surface area contributed by atoms with Crippen molar-refractivity contribution in [3.63, 3.8) is 0 Å². The predicted octanol–water partition coefficient (Wildman–Crippen LogP) is 2.08. The van der Waals surface area contributed by atoms with Crippen LogP contribution < -0.4 is 10.6 Å². The van der Waals surface area contributed by atoms with Crippen LogP contribution in [0.3, 0.4) is 0 Å². The van der Waals surface area contributed by atoms with Gasteiger partial charge in [0, 0.05) is 18.3 Å². The van der Waals surface area contributed by atoms with Crippen LogP contribution in [0.25, 0.3) is 0 Å². The molecule has 21 heavy (non-hydrogen) atoms. The number of piperidine rings is 1. The zero-order valence-electron chi connectivity index (χ0n) is 12.7. The highest BCUT2D eigenvalue weighted by Gasteiger charge is 2.24. The van der Waals surface area contributed by atoms with E-state index in [0.717, 1.165) is 19.5 Å². The zero-order chi connectivity index (χ0) is 15.2. The number of carbonyl (C=O) groups is 1. The van der Waals surface area contributed by atoms with Gasteiger partial charge >= 0.3 is 0 Å². The molecule has 2 N–H and O–H groups in total. The fourth-order valence-corrected chi connectivity index (χ4v) is 2.85. The predicted molar refractivity (Wildman–Crippen MR) is 82.7 cm³/mol. The quantitative estimate of drug-likeness (QED) is 0.873. The number of rotatable bonds is 5. The van der Waals surface area contributed by atoms with Crippen LogP contribution in [0.5, 0.6) is 0 Å². The van der Waals surface area contributed by atoms with Crippen LogP contribution in [-0.4, -0.2) is 43.5 Å². The van der Waals surface area contributed by atoms with Crippen molar-refractivity contribution in [3.05, 3.63) is 30.1 Å². The Morgan fingerprint density at radius 1 is 1.52 bits per heavy atom. The Labute approximate surface area is 125 Å². The van der Waals surface area contributed by atoms with Crippen molar-refractivity contribution in [2.24, 2.45) is 5.92 Å². The van der Waals surface area contributed by atoms with E-state index in [1.165, 1.54) is 18.6 Å². The molecular weight excluding hydrogens is 269 g/mol. The summed E-state index contributed by atoms with van der Waals surface area (Å²) in [6.45, 7) is 4.42. The Hall–Kier alpha value is -1.46. The van der Waals surface area contributed by atoms with Crippen molar-refractivity contribution in [2.45, 2.75) is 25.8 Å². The summed E-state index contributed by atoms with van der Waals surface area (Å²) < 4.78 is 13.1. The van der Waals surface area contributed by atoms with Crippen molar-refractivity contribution in [3.8, 4) is 0 Å².